The monoisotopic (exact) mass is 524 g/mol. The van der Waals surface area contributed by atoms with Gasteiger partial charge in [-0.25, -0.2) is 4.79 Å². The molecule has 0 aromatic heterocycles. The van der Waals surface area contributed by atoms with Gasteiger partial charge in [0.2, 0.25) is 5.91 Å². The molecule has 0 bridgehead atoms. The average Bonchev–Trinajstić information content (AvgIpc) is 2.87. The highest BCUT2D eigenvalue weighted by atomic mass is 16.6. The van der Waals surface area contributed by atoms with E-state index in [9.17, 15) is 14.4 Å². The molecule has 0 spiro atoms. The molecule has 0 unspecified atom stereocenters. The molecule has 208 valence electrons. The van der Waals surface area contributed by atoms with Gasteiger partial charge in [0.15, 0.2) is 0 Å². The highest BCUT2D eigenvalue weighted by Gasteiger charge is 2.26. The second-order valence-electron chi connectivity index (χ2n) is 10.6. The van der Waals surface area contributed by atoms with Crippen LogP contribution in [0.25, 0.3) is 0 Å². The maximum atomic E-state index is 13.2. The minimum Gasteiger partial charge on any atom is -0.461 e. The lowest BCUT2D eigenvalue weighted by Gasteiger charge is -2.25. The minimum absolute atomic E-state index is 0.0663. The van der Waals surface area contributed by atoms with Crippen molar-refractivity contribution in [2.75, 3.05) is 0 Å². The van der Waals surface area contributed by atoms with Crippen molar-refractivity contribution in [3.8, 4) is 0 Å². The van der Waals surface area contributed by atoms with E-state index in [0.717, 1.165) is 37.7 Å². The van der Waals surface area contributed by atoms with Crippen LogP contribution in [0.1, 0.15) is 83.8 Å². The molecule has 2 rings (SSSR count). The van der Waals surface area contributed by atoms with Gasteiger partial charge in [0.05, 0.1) is 6.42 Å². The predicted octanol–water partition coefficient (Wildman–Crippen LogP) is 6.10. The van der Waals surface area contributed by atoms with Crippen molar-refractivity contribution in [1.29, 1.82) is 0 Å². The number of carbonyl (C=O) groups excluding carboxylic acids is 3. The third kappa shape index (κ3) is 13.3. The minimum atomic E-state index is -0.739. The summed E-state index contributed by atoms with van der Waals surface area (Å²) in [7, 11) is 0. The Balaban J connectivity index is 2.00. The number of aryl methyl sites for hydroxylation is 1. The van der Waals surface area contributed by atoms with Gasteiger partial charge >= 0.3 is 12.1 Å². The lowest BCUT2D eigenvalue weighted by atomic mass is 10.0. The Hall–Kier alpha value is -3.35. The van der Waals surface area contributed by atoms with Crippen LogP contribution < -0.4 is 10.6 Å². The molecule has 2 aromatic carbocycles. The summed E-state index contributed by atoms with van der Waals surface area (Å²) in [5.74, 6) is -0.680. The van der Waals surface area contributed by atoms with Gasteiger partial charge in [0.25, 0.3) is 0 Å². The Morgan fingerprint density at radius 3 is 2.05 bits per heavy atom. The number of carbonyl (C=O) groups is 3. The highest BCUT2D eigenvalue weighted by molar-refractivity contribution is 5.86. The van der Waals surface area contributed by atoms with E-state index in [4.69, 9.17) is 9.47 Å². The van der Waals surface area contributed by atoms with Gasteiger partial charge in [-0.05, 0) is 57.6 Å². The van der Waals surface area contributed by atoms with Crippen molar-refractivity contribution >= 4 is 18.0 Å². The molecule has 0 fully saturated rings. The van der Waals surface area contributed by atoms with Gasteiger partial charge in [-0.2, -0.15) is 0 Å². The van der Waals surface area contributed by atoms with Gasteiger partial charge in [-0.3, -0.25) is 9.59 Å². The Kier molecular flexibility index (Phi) is 13.4. The number of hydrogen-bond donors (Lipinski definition) is 2. The molecular formula is C31H44N2O5. The fourth-order valence-corrected chi connectivity index (χ4v) is 4.02. The van der Waals surface area contributed by atoms with Crippen molar-refractivity contribution in [3.05, 3.63) is 71.8 Å². The molecule has 38 heavy (non-hydrogen) atoms. The van der Waals surface area contributed by atoms with Crippen LogP contribution in [0.2, 0.25) is 0 Å². The zero-order valence-corrected chi connectivity index (χ0v) is 23.3. The van der Waals surface area contributed by atoms with E-state index < -0.39 is 23.8 Å². The SMILES string of the molecule is CCCC[C@H](NC(=O)OC(C)(C)C)C(=O)N[C@H](CCCCc1ccccc1)CC(=O)OCc1ccccc1. The van der Waals surface area contributed by atoms with Crippen molar-refractivity contribution in [2.45, 2.75) is 103 Å². The lowest BCUT2D eigenvalue weighted by molar-refractivity contribution is -0.145. The van der Waals surface area contributed by atoms with Crippen LogP contribution >= 0.6 is 0 Å². The summed E-state index contributed by atoms with van der Waals surface area (Å²) in [4.78, 5) is 38.3. The van der Waals surface area contributed by atoms with Crippen LogP contribution in [0.4, 0.5) is 4.79 Å². The molecule has 2 N–H and O–H groups in total. The topological polar surface area (TPSA) is 93.7 Å². The zero-order valence-electron chi connectivity index (χ0n) is 23.3. The Bertz CT molecular complexity index is 973. The number of esters is 1. The highest BCUT2D eigenvalue weighted by Crippen LogP contribution is 2.13. The Morgan fingerprint density at radius 1 is 0.816 bits per heavy atom. The van der Waals surface area contributed by atoms with Crippen LogP contribution in [0.5, 0.6) is 0 Å². The summed E-state index contributed by atoms with van der Waals surface area (Å²) < 4.78 is 10.8. The van der Waals surface area contributed by atoms with Crippen molar-refractivity contribution in [1.82, 2.24) is 10.6 Å². The number of alkyl carbamates (subject to hydrolysis) is 1. The molecule has 7 heteroatoms. The van der Waals surface area contributed by atoms with Gasteiger partial charge in [-0.1, -0.05) is 86.8 Å². The molecule has 0 radical (unpaired) electrons. The first-order valence-electron chi connectivity index (χ1n) is 13.7. The molecule has 2 atom stereocenters. The van der Waals surface area contributed by atoms with Crippen molar-refractivity contribution in [2.24, 2.45) is 0 Å². The van der Waals surface area contributed by atoms with Gasteiger partial charge in [0.1, 0.15) is 18.2 Å². The summed E-state index contributed by atoms with van der Waals surface area (Å²) in [6, 6.07) is 18.6. The molecule has 2 aromatic rings. The summed E-state index contributed by atoms with van der Waals surface area (Å²) >= 11 is 0. The van der Waals surface area contributed by atoms with Crippen LogP contribution in [-0.4, -0.2) is 35.7 Å². The van der Waals surface area contributed by atoms with E-state index in [1.165, 1.54) is 5.56 Å². The summed E-state index contributed by atoms with van der Waals surface area (Å²) in [5, 5.41) is 5.72. The van der Waals surface area contributed by atoms with Gasteiger partial charge in [0, 0.05) is 6.04 Å². The second-order valence-corrected chi connectivity index (χ2v) is 10.6. The number of nitrogens with one attached hydrogen (secondary N) is 2. The van der Waals surface area contributed by atoms with E-state index in [1.807, 2.05) is 55.5 Å². The fraction of sp³-hybridized carbons (Fsp3) is 0.516. The number of unbranched alkanes of at least 4 members (excludes halogenated alkanes) is 2. The molecule has 0 aliphatic heterocycles. The van der Waals surface area contributed by atoms with E-state index in [0.29, 0.717) is 12.8 Å². The van der Waals surface area contributed by atoms with Gasteiger partial charge < -0.3 is 20.1 Å². The molecule has 2 amide bonds. The van der Waals surface area contributed by atoms with Gasteiger partial charge in [-0.15, -0.1) is 0 Å². The number of amides is 2. The average molecular weight is 525 g/mol. The van der Waals surface area contributed by atoms with Crippen LogP contribution in [-0.2, 0) is 32.1 Å². The molecule has 7 nitrogen and oxygen atoms in total. The smallest absolute Gasteiger partial charge is 0.408 e. The maximum Gasteiger partial charge on any atom is 0.408 e. The number of benzene rings is 2. The summed E-state index contributed by atoms with van der Waals surface area (Å²) in [5.41, 5.74) is 1.50. The molecule has 0 saturated heterocycles. The predicted molar refractivity (Wildman–Crippen MR) is 149 cm³/mol. The van der Waals surface area contributed by atoms with E-state index in [-0.39, 0.29) is 24.9 Å². The third-order valence-corrected chi connectivity index (χ3v) is 5.97. The van der Waals surface area contributed by atoms with E-state index >= 15 is 0 Å². The second kappa shape index (κ2) is 16.5. The third-order valence-electron chi connectivity index (χ3n) is 5.97. The van der Waals surface area contributed by atoms with Crippen LogP contribution in [0.15, 0.2) is 60.7 Å². The van der Waals surface area contributed by atoms with Crippen molar-refractivity contribution in [3.63, 3.8) is 0 Å². The zero-order chi connectivity index (χ0) is 27.8. The number of rotatable bonds is 15. The van der Waals surface area contributed by atoms with Crippen LogP contribution in [0, 0.1) is 0 Å². The fourth-order valence-electron chi connectivity index (χ4n) is 4.02. The molecular weight excluding hydrogens is 480 g/mol. The quantitative estimate of drug-likeness (QED) is 0.217. The first kappa shape index (κ1) is 30.9. The normalized spacial score (nSPS) is 12.7. The molecule has 0 saturated carbocycles. The molecule has 0 aliphatic rings. The molecule has 0 aliphatic carbocycles. The Morgan fingerprint density at radius 2 is 1.45 bits per heavy atom. The number of hydrogen-bond acceptors (Lipinski definition) is 5. The number of ether oxygens (including phenoxy) is 2. The van der Waals surface area contributed by atoms with E-state index in [1.54, 1.807) is 20.8 Å². The van der Waals surface area contributed by atoms with Crippen molar-refractivity contribution < 1.29 is 23.9 Å². The summed E-state index contributed by atoms with van der Waals surface area (Å²) in [6.45, 7) is 7.55. The standard InChI is InChI=1S/C31H44N2O5/c1-5-6-21-27(33-30(36)38-31(2,3)4)29(35)32-26(20-14-13-17-24-15-9-7-10-16-24)22-28(34)37-23-25-18-11-8-12-19-25/h7-12,15-16,18-19,26-27H,5-6,13-14,17,20-23H2,1-4H3,(H,32,35)(H,33,36)/t26-,27+/m1/s1. The maximum absolute atomic E-state index is 13.2. The first-order chi connectivity index (χ1) is 18.2. The Labute approximate surface area is 227 Å². The van der Waals surface area contributed by atoms with Crippen LogP contribution in [0.3, 0.4) is 0 Å². The molecule has 0 heterocycles. The van der Waals surface area contributed by atoms with E-state index in [2.05, 4.69) is 22.8 Å². The summed E-state index contributed by atoms with van der Waals surface area (Å²) in [6.07, 6.45) is 4.91. The largest absolute Gasteiger partial charge is 0.461 e. The lowest BCUT2D eigenvalue weighted by Crippen LogP contribution is -2.51. The first-order valence-corrected chi connectivity index (χ1v) is 13.7.